The topological polar surface area (TPSA) is 139 Å². The number of aromatic amines is 1. The second-order valence-electron chi connectivity index (χ2n) is 8.09. The number of rotatable bonds is 7. The maximum Gasteiger partial charge on any atom is 0.328 e. The molecule has 12 heteroatoms. The first-order valence-electron chi connectivity index (χ1n) is 10.6. The minimum Gasteiger partial charge on any atom is -0.386 e. The normalized spacial score (nSPS) is 15.5. The van der Waals surface area contributed by atoms with E-state index >= 15 is 0 Å². The molecule has 1 saturated heterocycles. The van der Waals surface area contributed by atoms with Crippen molar-refractivity contribution in [3.05, 3.63) is 74.0 Å². The molecular weight excluding hydrogens is 450 g/mol. The molecule has 4 heterocycles. The van der Waals surface area contributed by atoms with Gasteiger partial charge in [0.25, 0.3) is 5.56 Å². The maximum absolute atomic E-state index is 12.6. The molecule has 0 aromatic carbocycles. The van der Waals surface area contributed by atoms with E-state index in [-0.39, 0.29) is 17.5 Å². The number of halogens is 1. The zero-order chi connectivity index (χ0) is 23.4. The van der Waals surface area contributed by atoms with E-state index in [2.05, 4.69) is 20.3 Å². The highest BCUT2D eigenvalue weighted by Crippen LogP contribution is 2.20. The molecule has 0 saturated carbocycles. The number of carbonyl (C=O) groups is 1. The van der Waals surface area contributed by atoms with Gasteiger partial charge >= 0.3 is 5.69 Å². The lowest BCUT2D eigenvalue weighted by Crippen LogP contribution is -2.43. The lowest BCUT2D eigenvalue weighted by Gasteiger charge is -2.32. The number of carbonyl (C=O) groups excluding carboxylic acids is 1. The van der Waals surface area contributed by atoms with Crippen molar-refractivity contribution in [1.82, 2.24) is 34.4 Å². The van der Waals surface area contributed by atoms with Gasteiger partial charge in [-0.1, -0.05) is 22.9 Å². The fourth-order valence-electron chi connectivity index (χ4n) is 3.87. The first kappa shape index (κ1) is 22.9. The minimum absolute atomic E-state index is 0.138. The number of aliphatic hydroxyl groups excluding tert-OH is 1. The van der Waals surface area contributed by atoms with Crippen LogP contribution in [-0.4, -0.2) is 58.5 Å². The Morgan fingerprint density at radius 1 is 1.24 bits per heavy atom. The second-order valence-corrected chi connectivity index (χ2v) is 8.50. The summed E-state index contributed by atoms with van der Waals surface area (Å²) in [6.07, 6.45) is 5.82. The van der Waals surface area contributed by atoms with E-state index in [4.69, 9.17) is 11.6 Å². The summed E-state index contributed by atoms with van der Waals surface area (Å²) in [6.45, 7) is 1.62. The van der Waals surface area contributed by atoms with Crippen LogP contribution in [0.2, 0.25) is 5.02 Å². The van der Waals surface area contributed by atoms with Crippen molar-refractivity contribution in [2.75, 3.05) is 13.1 Å². The number of hydrogen-bond donors (Lipinski definition) is 2. The largest absolute Gasteiger partial charge is 0.386 e. The number of aromatic nitrogens is 6. The fourth-order valence-corrected chi connectivity index (χ4v) is 4.04. The molecule has 33 heavy (non-hydrogen) atoms. The Labute approximate surface area is 193 Å². The van der Waals surface area contributed by atoms with Crippen LogP contribution in [0.4, 0.5) is 0 Å². The standard InChI is InChI=1S/C21H24ClN7O4/c22-16-12-28(21(33)24-20(16)32)13-19(31)27-7-4-14(5-8-27)10-29-11-15(25-26-29)9-18(30)17-3-1-2-6-23-17/h1-3,6,11-12,14,18,30H,4-5,7-10,13H2,(H,24,32,33). The van der Waals surface area contributed by atoms with Crippen LogP contribution in [0, 0.1) is 5.92 Å². The monoisotopic (exact) mass is 473 g/mol. The molecule has 1 aliphatic rings. The van der Waals surface area contributed by atoms with Gasteiger partial charge in [-0.25, -0.2) is 4.79 Å². The van der Waals surface area contributed by atoms with E-state index < -0.39 is 17.4 Å². The molecule has 1 unspecified atom stereocenters. The number of piperidine rings is 1. The van der Waals surface area contributed by atoms with Crippen LogP contribution in [0.5, 0.6) is 0 Å². The third kappa shape index (κ3) is 5.74. The quantitative estimate of drug-likeness (QED) is 0.506. The van der Waals surface area contributed by atoms with Gasteiger partial charge in [-0.15, -0.1) is 5.10 Å². The van der Waals surface area contributed by atoms with Crippen molar-refractivity contribution in [1.29, 1.82) is 0 Å². The summed E-state index contributed by atoms with van der Waals surface area (Å²) in [5, 5.41) is 18.5. The molecule has 11 nitrogen and oxygen atoms in total. The molecule has 1 atom stereocenters. The SMILES string of the molecule is O=C(Cn1cc(Cl)c(=O)[nH]c1=O)N1CCC(Cn2cc(CC(O)c3ccccn3)nn2)CC1. The number of amides is 1. The van der Waals surface area contributed by atoms with E-state index in [0.717, 1.165) is 17.4 Å². The summed E-state index contributed by atoms with van der Waals surface area (Å²) < 4.78 is 2.87. The zero-order valence-corrected chi connectivity index (χ0v) is 18.6. The van der Waals surface area contributed by atoms with Crippen LogP contribution >= 0.6 is 11.6 Å². The Kier molecular flexibility index (Phi) is 6.99. The fraction of sp³-hybridized carbons (Fsp3) is 0.429. The summed E-state index contributed by atoms with van der Waals surface area (Å²) in [5.74, 6) is 0.125. The van der Waals surface area contributed by atoms with E-state index in [0.29, 0.717) is 43.4 Å². The van der Waals surface area contributed by atoms with Gasteiger partial charge in [-0.05, 0) is 30.9 Å². The molecule has 3 aromatic rings. The van der Waals surface area contributed by atoms with Crippen LogP contribution in [0.1, 0.15) is 30.3 Å². The van der Waals surface area contributed by atoms with Crippen LogP contribution < -0.4 is 11.2 Å². The Morgan fingerprint density at radius 3 is 2.76 bits per heavy atom. The lowest BCUT2D eigenvalue weighted by atomic mass is 9.97. The predicted octanol–water partition coefficient (Wildman–Crippen LogP) is 0.391. The molecule has 0 spiro atoms. The molecular formula is C21H24ClN7O4. The van der Waals surface area contributed by atoms with Gasteiger partial charge in [-0.2, -0.15) is 0 Å². The summed E-state index contributed by atoms with van der Waals surface area (Å²) in [7, 11) is 0. The van der Waals surface area contributed by atoms with Crippen molar-refractivity contribution in [3.63, 3.8) is 0 Å². The number of nitrogens with one attached hydrogen (secondary N) is 1. The molecule has 1 amide bonds. The Bertz CT molecular complexity index is 1220. The highest BCUT2D eigenvalue weighted by molar-refractivity contribution is 6.30. The molecule has 0 radical (unpaired) electrons. The molecule has 4 rings (SSSR count). The molecule has 0 aliphatic carbocycles. The Hall–Kier alpha value is -3.31. The Morgan fingerprint density at radius 2 is 2.03 bits per heavy atom. The number of nitrogens with zero attached hydrogens (tertiary/aromatic N) is 6. The van der Waals surface area contributed by atoms with E-state index in [1.807, 2.05) is 12.3 Å². The number of hydrogen-bond acceptors (Lipinski definition) is 7. The minimum atomic E-state index is -0.740. The highest BCUT2D eigenvalue weighted by atomic mass is 35.5. The molecule has 2 N–H and O–H groups in total. The van der Waals surface area contributed by atoms with Crippen molar-refractivity contribution in [2.24, 2.45) is 5.92 Å². The highest BCUT2D eigenvalue weighted by Gasteiger charge is 2.24. The van der Waals surface area contributed by atoms with Gasteiger partial charge in [-0.3, -0.25) is 28.8 Å². The molecule has 3 aromatic heterocycles. The van der Waals surface area contributed by atoms with Crippen molar-refractivity contribution in [3.8, 4) is 0 Å². The van der Waals surface area contributed by atoms with E-state index in [1.165, 1.54) is 6.20 Å². The van der Waals surface area contributed by atoms with Gasteiger partial charge in [0.1, 0.15) is 17.7 Å². The Balaban J connectivity index is 1.27. The van der Waals surface area contributed by atoms with Crippen molar-refractivity contribution < 1.29 is 9.90 Å². The van der Waals surface area contributed by atoms with Crippen LogP contribution in [0.15, 0.2) is 46.4 Å². The van der Waals surface area contributed by atoms with E-state index in [9.17, 15) is 19.5 Å². The first-order chi connectivity index (χ1) is 15.9. The first-order valence-corrected chi connectivity index (χ1v) is 11.0. The van der Waals surface area contributed by atoms with Gasteiger partial charge in [0, 0.05) is 44.6 Å². The third-order valence-electron chi connectivity index (χ3n) is 5.70. The average Bonchev–Trinajstić information content (AvgIpc) is 3.25. The number of H-pyrrole nitrogens is 1. The molecule has 0 bridgehead atoms. The van der Waals surface area contributed by atoms with Gasteiger partial charge in [0.05, 0.1) is 11.4 Å². The maximum atomic E-state index is 12.6. The van der Waals surface area contributed by atoms with Crippen LogP contribution in [0.3, 0.4) is 0 Å². The average molecular weight is 474 g/mol. The van der Waals surface area contributed by atoms with Crippen molar-refractivity contribution >= 4 is 17.5 Å². The zero-order valence-electron chi connectivity index (χ0n) is 17.8. The van der Waals surface area contributed by atoms with Crippen molar-refractivity contribution in [2.45, 2.75) is 38.5 Å². The summed E-state index contributed by atoms with van der Waals surface area (Å²) >= 11 is 5.75. The lowest BCUT2D eigenvalue weighted by molar-refractivity contribution is -0.133. The second kappa shape index (κ2) is 10.1. The summed E-state index contributed by atoms with van der Waals surface area (Å²) in [6, 6.07) is 5.39. The molecule has 174 valence electrons. The molecule has 1 fully saturated rings. The number of aliphatic hydroxyl groups is 1. The summed E-state index contributed by atoms with van der Waals surface area (Å²) in [4.78, 5) is 43.7. The molecule has 1 aliphatic heterocycles. The smallest absolute Gasteiger partial charge is 0.328 e. The van der Waals surface area contributed by atoms with Gasteiger partial charge in [0.15, 0.2) is 0 Å². The summed E-state index contributed by atoms with van der Waals surface area (Å²) in [5.41, 5.74) is -0.0577. The van der Waals surface area contributed by atoms with Gasteiger partial charge < -0.3 is 10.0 Å². The van der Waals surface area contributed by atoms with E-state index in [1.54, 1.807) is 27.9 Å². The van der Waals surface area contributed by atoms with Crippen LogP contribution in [0.25, 0.3) is 0 Å². The van der Waals surface area contributed by atoms with Gasteiger partial charge in [0.2, 0.25) is 5.91 Å². The third-order valence-corrected chi connectivity index (χ3v) is 5.97. The van der Waals surface area contributed by atoms with Crippen LogP contribution in [-0.2, 0) is 24.3 Å². The number of likely N-dealkylation sites (tertiary alicyclic amines) is 1. The predicted molar refractivity (Wildman–Crippen MR) is 119 cm³/mol. The number of pyridine rings is 1.